The van der Waals surface area contributed by atoms with E-state index in [4.69, 9.17) is 15.2 Å². The number of methoxy groups -OCH3 is 1. The Kier molecular flexibility index (Phi) is 7.01. The first-order valence-corrected chi connectivity index (χ1v) is 9.00. The van der Waals surface area contributed by atoms with E-state index in [0.29, 0.717) is 38.7 Å². The number of benzene rings is 1. The zero-order valence-corrected chi connectivity index (χ0v) is 16.4. The van der Waals surface area contributed by atoms with Gasteiger partial charge in [0.15, 0.2) is 5.96 Å². The lowest BCUT2D eigenvalue weighted by Crippen LogP contribution is -2.53. The van der Waals surface area contributed by atoms with Crippen LogP contribution in [0.25, 0.3) is 0 Å². The molecule has 1 aromatic rings. The molecule has 1 fully saturated rings. The normalized spacial score (nSPS) is 17.0. The molecule has 27 heavy (non-hydrogen) atoms. The van der Waals surface area contributed by atoms with Gasteiger partial charge in [-0.05, 0) is 38.5 Å². The minimum atomic E-state index is -0.510. The summed E-state index contributed by atoms with van der Waals surface area (Å²) in [5.74, 6) is 0.113. The van der Waals surface area contributed by atoms with Gasteiger partial charge in [0.25, 0.3) is 0 Å². The lowest BCUT2D eigenvalue weighted by molar-refractivity contribution is 0.0186. The first kappa shape index (κ1) is 21.0. The number of nitrogens with zero attached hydrogens (tertiary/aromatic N) is 3. The van der Waals surface area contributed by atoms with Crippen molar-refractivity contribution in [1.29, 1.82) is 0 Å². The Bertz CT molecular complexity index is 650. The molecule has 1 heterocycles. The molecular weight excluding hydrogens is 351 g/mol. The quantitative estimate of drug-likeness (QED) is 0.641. The molecule has 2 N–H and O–H groups in total. The highest BCUT2D eigenvalue weighted by Gasteiger charge is 2.26. The fraction of sp³-hybridized carbons (Fsp3) is 0.579. The third-order valence-corrected chi connectivity index (χ3v) is 4.20. The summed E-state index contributed by atoms with van der Waals surface area (Å²) >= 11 is 0. The van der Waals surface area contributed by atoms with Crippen molar-refractivity contribution in [2.75, 3.05) is 39.8 Å². The van der Waals surface area contributed by atoms with Crippen LogP contribution in [0.3, 0.4) is 0 Å². The highest BCUT2D eigenvalue weighted by Crippen LogP contribution is 2.18. The molecule has 150 valence electrons. The summed E-state index contributed by atoms with van der Waals surface area (Å²) in [4.78, 5) is 20.1. The Morgan fingerprint density at radius 1 is 1.19 bits per heavy atom. The van der Waals surface area contributed by atoms with Crippen LogP contribution in [0, 0.1) is 5.82 Å². The van der Waals surface area contributed by atoms with Crippen molar-refractivity contribution in [2.24, 2.45) is 10.7 Å². The molecule has 8 heteroatoms. The zero-order valence-electron chi connectivity index (χ0n) is 16.4. The maximum absolute atomic E-state index is 13.1. The van der Waals surface area contributed by atoms with Gasteiger partial charge in [-0.15, -0.1) is 0 Å². The molecule has 1 unspecified atom stereocenters. The van der Waals surface area contributed by atoms with Crippen molar-refractivity contribution >= 4 is 12.1 Å². The van der Waals surface area contributed by atoms with Crippen molar-refractivity contribution in [3.8, 4) is 0 Å². The summed E-state index contributed by atoms with van der Waals surface area (Å²) in [6, 6.07) is 6.14. The number of hydrogen-bond donors (Lipinski definition) is 1. The van der Waals surface area contributed by atoms with Crippen LogP contribution in [-0.2, 0) is 9.47 Å². The maximum atomic E-state index is 13.1. The number of guanidine groups is 1. The number of halogens is 1. The maximum Gasteiger partial charge on any atom is 0.410 e. The molecule has 0 aromatic heterocycles. The average molecular weight is 380 g/mol. The van der Waals surface area contributed by atoms with Gasteiger partial charge in [0.1, 0.15) is 17.5 Å². The number of aliphatic imine (C=N–C) groups is 1. The van der Waals surface area contributed by atoms with Gasteiger partial charge in [-0.2, -0.15) is 0 Å². The van der Waals surface area contributed by atoms with Crippen LogP contribution < -0.4 is 5.73 Å². The average Bonchev–Trinajstić information content (AvgIpc) is 2.62. The van der Waals surface area contributed by atoms with Gasteiger partial charge in [0.05, 0.1) is 6.54 Å². The summed E-state index contributed by atoms with van der Waals surface area (Å²) in [7, 11) is 1.58. The summed E-state index contributed by atoms with van der Waals surface area (Å²) in [5.41, 5.74) is 6.43. The van der Waals surface area contributed by atoms with E-state index in [9.17, 15) is 9.18 Å². The molecular formula is C19H29FN4O3. The topological polar surface area (TPSA) is 80.4 Å². The molecule has 1 aliphatic rings. The Hall–Kier alpha value is -2.35. The third kappa shape index (κ3) is 6.39. The Labute approximate surface area is 159 Å². The van der Waals surface area contributed by atoms with Gasteiger partial charge in [-0.25, -0.2) is 9.18 Å². The Morgan fingerprint density at radius 2 is 1.74 bits per heavy atom. The number of carbonyl (C=O) groups excluding carboxylic acids is 1. The standard InChI is InChI=1S/C19H29FN4O3/c1-19(2,3)27-18(25)24-11-9-23(10-12-24)17(21)22-13-16(26-4)14-5-7-15(20)8-6-14/h5-8,16H,9-13H2,1-4H3,(H2,21,22). The molecule has 1 aliphatic heterocycles. The first-order valence-electron chi connectivity index (χ1n) is 9.00. The monoisotopic (exact) mass is 380 g/mol. The van der Waals surface area contributed by atoms with Gasteiger partial charge in [0.2, 0.25) is 0 Å². The molecule has 0 bridgehead atoms. The fourth-order valence-corrected chi connectivity index (χ4v) is 2.71. The molecule has 0 radical (unpaired) electrons. The molecule has 0 spiro atoms. The number of ether oxygens (including phenoxy) is 2. The van der Waals surface area contributed by atoms with Crippen LogP contribution in [-0.4, -0.2) is 67.3 Å². The number of carbonyl (C=O) groups is 1. The van der Waals surface area contributed by atoms with Gasteiger partial charge in [-0.3, -0.25) is 4.99 Å². The van der Waals surface area contributed by atoms with Crippen molar-refractivity contribution in [3.63, 3.8) is 0 Å². The number of hydrogen-bond acceptors (Lipinski definition) is 4. The van der Waals surface area contributed by atoms with E-state index in [-0.39, 0.29) is 18.0 Å². The van der Waals surface area contributed by atoms with Crippen LogP contribution in [0.1, 0.15) is 32.4 Å². The minimum Gasteiger partial charge on any atom is -0.444 e. The van der Waals surface area contributed by atoms with Crippen LogP contribution in [0.2, 0.25) is 0 Å². The number of nitrogens with two attached hydrogens (primary N) is 1. The van der Waals surface area contributed by atoms with Gasteiger partial charge < -0.3 is 25.0 Å². The lowest BCUT2D eigenvalue weighted by atomic mass is 10.1. The first-order chi connectivity index (χ1) is 12.7. The molecule has 1 amide bonds. The number of piperazine rings is 1. The smallest absolute Gasteiger partial charge is 0.410 e. The van der Waals surface area contributed by atoms with Crippen molar-refractivity contribution in [2.45, 2.75) is 32.5 Å². The summed E-state index contributed by atoms with van der Waals surface area (Å²) in [5, 5.41) is 0. The molecule has 0 saturated carbocycles. The van der Waals surface area contributed by atoms with Crippen LogP contribution in [0.15, 0.2) is 29.3 Å². The predicted octanol–water partition coefficient (Wildman–Crippen LogP) is 2.38. The highest BCUT2D eigenvalue weighted by molar-refractivity contribution is 5.78. The van der Waals surface area contributed by atoms with Crippen LogP contribution in [0.4, 0.5) is 9.18 Å². The largest absolute Gasteiger partial charge is 0.444 e. The second-order valence-corrected chi connectivity index (χ2v) is 7.43. The SMILES string of the molecule is COC(CN=C(N)N1CCN(C(=O)OC(C)(C)C)CC1)c1ccc(F)cc1. The molecule has 0 aliphatic carbocycles. The minimum absolute atomic E-state index is 0.292. The van der Waals surface area contributed by atoms with E-state index in [0.717, 1.165) is 5.56 Å². The Balaban J connectivity index is 1.88. The van der Waals surface area contributed by atoms with Crippen molar-refractivity contribution in [1.82, 2.24) is 9.80 Å². The Morgan fingerprint density at radius 3 is 2.26 bits per heavy atom. The molecule has 1 atom stereocenters. The fourth-order valence-electron chi connectivity index (χ4n) is 2.71. The van der Waals surface area contributed by atoms with E-state index in [1.807, 2.05) is 25.7 Å². The zero-order chi connectivity index (χ0) is 20.0. The summed E-state index contributed by atoms with van der Waals surface area (Å²) < 4.78 is 23.9. The van der Waals surface area contributed by atoms with Gasteiger partial charge >= 0.3 is 6.09 Å². The second kappa shape index (κ2) is 9.03. The van der Waals surface area contributed by atoms with E-state index in [1.165, 1.54) is 12.1 Å². The van der Waals surface area contributed by atoms with Gasteiger partial charge in [-0.1, -0.05) is 12.1 Å². The molecule has 2 rings (SSSR count). The van der Waals surface area contributed by atoms with Crippen molar-refractivity contribution in [3.05, 3.63) is 35.6 Å². The van der Waals surface area contributed by atoms with E-state index < -0.39 is 5.60 Å². The molecule has 1 saturated heterocycles. The van der Waals surface area contributed by atoms with Crippen LogP contribution >= 0.6 is 0 Å². The van der Waals surface area contributed by atoms with E-state index in [2.05, 4.69) is 4.99 Å². The number of amides is 1. The molecule has 1 aromatic carbocycles. The van der Waals surface area contributed by atoms with E-state index in [1.54, 1.807) is 24.1 Å². The predicted molar refractivity (Wildman–Crippen MR) is 102 cm³/mol. The van der Waals surface area contributed by atoms with Gasteiger partial charge in [0, 0.05) is 33.3 Å². The molecule has 7 nitrogen and oxygen atoms in total. The van der Waals surface area contributed by atoms with E-state index >= 15 is 0 Å². The third-order valence-electron chi connectivity index (χ3n) is 4.20. The summed E-state index contributed by atoms with van der Waals surface area (Å²) in [6.07, 6.45) is -0.611. The second-order valence-electron chi connectivity index (χ2n) is 7.43. The summed E-state index contributed by atoms with van der Waals surface area (Å²) in [6.45, 7) is 8.09. The van der Waals surface area contributed by atoms with Crippen LogP contribution in [0.5, 0.6) is 0 Å². The lowest BCUT2D eigenvalue weighted by Gasteiger charge is -2.36. The van der Waals surface area contributed by atoms with Crippen molar-refractivity contribution < 1.29 is 18.7 Å². The highest BCUT2D eigenvalue weighted by atomic mass is 19.1. The number of rotatable bonds is 4.